The third-order valence-corrected chi connectivity index (χ3v) is 2.37. The molecule has 1 aliphatic rings. The largest absolute Gasteiger partial charge is 0.373 e. The topological polar surface area (TPSA) is 53.6 Å². The molecule has 2 N–H and O–H groups in total. The lowest BCUT2D eigenvalue weighted by atomic mass is 10.2. The van der Waals surface area contributed by atoms with Crippen molar-refractivity contribution in [1.29, 1.82) is 0 Å². The molecule has 1 saturated heterocycles. The summed E-state index contributed by atoms with van der Waals surface area (Å²) in [6, 6.07) is -0.160. The predicted molar refractivity (Wildman–Crippen MR) is 63.2 cm³/mol. The molecule has 2 amide bonds. The van der Waals surface area contributed by atoms with Gasteiger partial charge in [0.25, 0.3) is 0 Å². The fraction of sp³-hybridized carbons (Fsp3) is 0.727. The molecule has 1 aliphatic heterocycles. The van der Waals surface area contributed by atoms with Crippen molar-refractivity contribution in [1.82, 2.24) is 15.5 Å². The van der Waals surface area contributed by atoms with Gasteiger partial charge in [-0.05, 0) is 13.8 Å². The Balaban J connectivity index is 2.21. The number of hydrogen-bond donors (Lipinski definition) is 2. The number of hydrogen-bond acceptors (Lipinski definition) is 3. The molecule has 0 aromatic rings. The molecule has 92 valence electrons. The lowest BCUT2D eigenvalue weighted by molar-refractivity contribution is -0.0689. The molecule has 0 radical (unpaired) electrons. The molecule has 1 fully saturated rings. The molecule has 5 nitrogen and oxygen atoms in total. The van der Waals surface area contributed by atoms with Gasteiger partial charge < -0.3 is 15.4 Å². The van der Waals surface area contributed by atoms with E-state index in [1.807, 2.05) is 13.8 Å². The minimum atomic E-state index is -0.160. The zero-order valence-electron chi connectivity index (χ0n) is 10.0. The molecule has 0 bridgehead atoms. The Kier molecular flexibility index (Phi) is 5.28. The van der Waals surface area contributed by atoms with Gasteiger partial charge in [0, 0.05) is 19.6 Å². The van der Waals surface area contributed by atoms with Crippen LogP contribution in [0.15, 0.2) is 12.7 Å². The van der Waals surface area contributed by atoms with Gasteiger partial charge in [0.15, 0.2) is 0 Å². The Morgan fingerprint density at radius 1 is 1.44 bits per heavy atom. The number of carbonyl (C=O) groups is 1. The zero-order chi connectivity index (χ0) is 12.0. The molecular formula is C11H21N3O2. The fourth-order valence-corrected chi connectivity index (χ4v) is 1.82. The lowest BCUT2D eigenvalue weighted by Crippen LogP contribution is -2.51. The number of rotatable bonds is 4. The van der Waals surface area contributed by atoms with Crippen LogP contribution < -0.4 is 10.6 Å². The molecule has 1 rings (SSSR count). The van der Waals surface area contributed by atoms with Crippen LogP contribution in [0.2, 0.25) is 0 Å². The summed E-state index contributed by atoms with van der Waals surface area (Å²) in [4.78, 5) is 13.5. The first-order valence-electron chi connectivity index (χ1n) is 5.62. The quantitative estimate of drug-likeness (QED) is 0.689. The van der Waals surface area contributed by atoms with Gasteiger partial charge in [-0.2, -0.15) is 0 Å². The number of urea groups is 1. The number of ether oxygens (including phenoxy) is 1. The summed E-state index contributed by atoms with van der Waals surface area (Å²) in [5, 5.41) is 5.47. The Morgan fingerprint density at radius 2 is 2.06 bits per heavy atom. The van der Waals surface area contributed by atoms with E-state index in [1.165, 1.54) is 0 Å². The maximum Gasteiger partial charge on any atom is 0.316 e. The van der Waals surface area contributed by atoms with Crippen LogP contribution in [-0.2, 0) is 4.74 Å². The summed E-state index contributed by atoms with van der Waals surface area (Å²) in [5.74, 6) is 0. The molecule has 2 atom stereocenters. The summed E-state index contributed by atoms with van der Waals surface area (Å²) in [7, 11) is 0. The van der Waals surface area contributed by atoms with Crippen molar-refractivity contribution in [2.75, 3.05) is 26.3 Å². The van der Waals surface area contributed by atoms with Gasteiger partial charge in [-0.1, -0.05) is 6.08 Å². The Hall–Kier alpha value is -1.07. The van der Waals surface area contributed by atoms with Crippen LogP contribution in [-0.4, -0.2) is 49.4 Å². The van der Waals surface area contributed by atoms with Crippen LogP contribution in [0.25, 0.3) is 0 Å². The minimum Gasteiger partial charge on any atom is -0.373 e. The monoisotopic (exact) mass is 227 g/mol. The third kappa shape index (κ3) is 4.63. The molecule has 1 heterocycles. The van der Waals surface area contributed by atoms with Crippen molar-refractivity contribution < 1.29 is 9.53 Å². The summed E-state index contributed by atoms with van der Waals surface area (Å²) in [6.45, 7) is 10.4. The average molecular weight is 227 g/mol. The number of nitrogens with one attached hydrogen (secondary N) is 2. The minimum absolute atomic E-state index is 0.160. The van der Waals surface area contributed by atoms with E-state index in [9.17, 15) is 4.79 Å². The third-order valence-electron chi connectivity index (χ3n) is 2.37. The maximum absolute atomic E-state index is 11.3. The smallest absolute Gasteiger partial charge is 0.316 e. The summed E-state index contributed by atoms with van der Waals surface area (Å²) >= 11 is 0. The van der Waals surface area contributed by atoms with Gasteiger partial charge in [-0.15, -0.1) is 6.58 Å². The molecule has 0 saturated carbocycles. The van der Waals surface area contributed by atoms with E-state index in [0.717, 1.165) is 13.1 Å². The molecule has 0 aliphatic carbocycles. The number of carbonyl (C=O) groups excluding carboxylic acids is 1. The van der Waals surface area contributed by atoms with E-state index in [2.05, 4.69) is 22.1 Å². The van der Waals surface area contributed by atoms with Gasteiger partial charge >= 0.3 is 6.03 Å². The van der Waals surface area contributed by atoms with Gasteiger partial charge in [0.1, 0.15) is 0 Å². The van der Waals surface area contributed by atoms with E-state index in [4.69, 9.17) is 4.74 Å². The van der Waals surface area contributed by atoms with E-state index in [0.29, 0.717) is 13.2 Å². The van der Waals surface area contributed by atoms with Crippen LogP contribution in [0.5, 0.6) is 0 Å². The van der Waals surface area contributed by atoms with Crippen molar-refractivity contribution >= 4 is 6.03 Å². The average Bonchev–Trinajstić information content (AvgIpc) is 2.22. The van der Waals surface area contributed by atoms with Crippen LogP contribution in [0.4, 0.5) is 4.79 Å². The predicted octanol–water partition coefficient (Wildman–Crippen LogP) is 0.538. The molecule has 16 heavy (non-hydrogen) atoms. The Morgan fingerprint density at radius 3 is 2.62 bits per heavy atom. The molecule has 0 aromatic heterocycles. The van der Waals surface area contributed by atoms with Crippen LogP contribution in [0.3, 0.4) is 0 Å². The number of nitrogens with zero attached hydrogens (tertiary/aromatic N) is 1. The second kappa shape index (κ2) is 6.50. The second-order valence-corrected chi connectivity index (χ2v) is 4.13. The van der Waals surface area contributed by atoms with Gasteiger partial charge in [-0.25, -0.2) is 4.79 Å². The SMILES string of the molecule is C=CCNC(=O)NCN1C[C@@H](C)O[C@@H](C)C1. The Bertz CT molecular complexity index is 235. The van der Waals surface area contributed by atoms with Crippen molar-refractivity contribution in [2.24, 2.45) is 0 Å². The number of morpholine rings is 1. The van der Waals surface area contributed by atoms with Crippen molar-refractivity contribution in [3.05, 3.63) is 12.7 Å². The van der Waals surface area contributed by atoms with Crippen molar-refractivity contribution in [3.8, 4) is 0 Å². The molecule has 5 heteroatoms. The van der Waals surface area contributed by atoms with E-state index >= 15 is 0 Å². The summed E-state index contributed by atoms with van der Waals surface area (Å²) < 4.78 is 5.60. The molecule has 0 unspecified atom stereocenters. The summed E-state index contributed by atoms with van der Waals surface area (Å²) in [5.41, 5.74) is 0. The van der Waals surface area contributed by atoms with Gasteiger partial charge in [0.05, 0.1) is 18.9 Å². The first-order chi connectivity index (χ1) is 7.61. The van der Waals surface area contributed by atoms with Crippen LogP contribution in [0, 0.1) is 0 Å². The highest BCUT2D eigenvalue weighted by Crippen LogP contribution is 2.08. The normalized spacial score (nSPS) is 26.1. The highest BCUT2D eigenvalue weighted by atomic mass is 16.5. The van der Waals surface area contributed by atoms with E-state index < -0.39 is 0 Å². The Labute approximate surface area is 96.8 Å². The standard InChI is InChI=1S/C11H21N3O2/c1-4-5-12-11(15)13-8-14-6-9(2)16-10(3)7-14/h4,9-10H,1,5-8H2,2-3H3,(H2,12,13,15)/t9-,10+. The van der Waals surface area contributed by atoms with Gasteiger partial charge in [-0.3, -0.25) is 4.90 Å². The summed E-state index contributed by atoms with van der Waals surface area (Å²) in [6.07, 6.45) is 2.10. The van der Waals surface area contributed by atoms with Crippen molar-refractivity contribution in [2.45, 2.75) is 26.1 Å². The highest BCUT2D eigenvalue weighted by Gasteiger charge is 2.21. The zero-order valence-corrected chi connectivity index (χ0v) is 10.0. The number of amides is 2. The maximum atomic E-state index is 11.3. The van der Waals surface area contributed by atoms with E-state index in [1.54, 1.807) is 6.08 Å². The fourth-order valence-electron chi connectivity index (χ4n) is 1.82. The second-order valence-electron chi connectivity index (χ2n) is 4.13. The van der Waals surface area contributed by atoms with Crippen LogP contribution in [0.1, 0.15) is 13.8 Å². The highest BCUT2D eigenvalue weighted by molar-refractivity contribution is 5.73. The molecular weight excluding hydrogens is 206 g/mol. The van der Waals surface area contributed by atoms with Crippen LogP contribution >= 0.6 is 0 Å². The molecule has 0 aromatic carbocycles. The van der Waals surface area contributed by atoms with E-state index in [-0.39, 0.29) is 18.2 Å². The first-order valence-corrected chi connectivity index (χ1v) is 5.62. The lowest BCUT2D eigenvalue weighted by Gasteiger charge is -2.35. The molecule has 0 spiro atoms. The van der Waals surface area contributed by atoms with Gasteiger partial charge in [0.2, 0.25) is 0 Å². The van der Waals surface area contributed by atoms with Crippen molar-refractivity contribution in [3.63, 3.8) is 0 Å². The first kappa shape index (κ1) is 13.0.